The van der Waals surface area contributed by atoms with Crippen molar-refractivity contribution in [3.05, 3.63) is 29.0 Å². The molecule has 0 aliphatic heterocycles. The smallest absolute Gasteiger partial charge is 0.303 e. The third-order valence-electron chi connectivity index (χ3n) is 1.01. The van der Waals surface area contributed by atoms with Gasteiger partial charge >= 0.3 is 7.82 Å². The van der Waals surface area contributed by atoms with Gasteiger partial charge in [0.05, 0.1) is 5.69 Å². The molecule has 0 amide bonds. The molecule has 0 aliphatic carbocycles. The Balaban J connectivity index is 0.000000385. The monoisotopic (exact) mass is 327 g/mol. The Labute approximate surface area is 111 Å². The first-order chi connectivity index (χ1) is 7.00. The molecule has 0 aromatic carbocycles. The summed E-state index contributed by atoms with van der Waals surface area (Å²) in [6.45, 7) is 0. The Kier molecular flexibility index (Phi) is 6.55. The molecule has 0 saturated heterocycles. The van der Waals surface area contributed by atoms with Crippen molar-refractivity contribution in [2.75, 3.05) is 0 Å². The van der Waals surface area contributed by atoms with Gasteiger partial charge in [0.1, 0.15) is 5.15 Å². The summed E-state index contributed by atoms with van der Waals surface area (Å²) in [4.78, 5) is 25.4. The second kappa shape index (κ2) is 6.38. The molecular weight excluding hydrogens is 323 g/mol. The van der Waals surface area contributed by atoms with E-state index in [0.717, 1.165) is 0 Å². The van der Waals surface area contributed by atoms with E-state index in [9.17, 15) is 0 Å². The van der Waals surface area contributed by atoms with Crippen LogP contribution in [0.15, 0.2) is 18.2 Å². The third-order valence-corrected chi connectivity index (χ3v) is 1.80. The van der Waals surface area contributed by atoms with Crippen LogP contribution in [0.2, 0.25) is 5.15 Å². The van der Waals surface area contributed by atoms with Gasteiger partial charge in [-0.2, -0.15) is 0 Å². The van der Waals surface area contributed by atoms with Crippen LogP contribution in [0.5, 0.6) is 0 Å². The van der Waals surface area contributed by atoms with Gasteiger partial charge in [0, 0.05) is 0 Å². The summed E-state index contributed by atoms with van der Waals surface area (Å²) in [5.74, 6) is 0. The molecule has 16 heavy (non-hydrogen) atoms. The van der Waals surface area contributed by atoms with E-state index in [2.05, 4.69) is 4.98 Å². The van der Waals surface area contributed by atoms with Crippen molar-refractivity contribution in [2.24, 2.45) is 0 Å². The van der Waals surface area contributed by atoms with E-state index in [-0.39, 0.29) is 0 Å². The van der Waals surface area contributed by atoms with E-state index < -0.39 is 11.6 Å². The molecule has 0 atom stereocenters. The van der Waals surface area contributed by atoms with Crippen LogP contribution in [0, 0.1) is 0 Å². The van der Waals surface area contributed by atoms with E-state index in [1.54, 1.807) is 18.2 Å². The summed E-state index contributed by atoms with van der Waals surface area (Å²) in [5, 5.41) is 0.314. The molecule has 0 spiro atoms. The zero-order valence-corrected chi connectivity index (χ0v) is 11.3. The molecule has 1 heterocycles. The minimum atomic E-state index is -4.64. The SMILES string of the molecule is Clc1cccc(C(Cl)(Cl)Cl)n1.O=P(O)(O)O. The van der Waals surface area contributed by atoms with Crippen molar-refractivity contribution in [2.45, 2.75) is 3.79 Å². The zero-order valence-electron chi connectivity index (χ0n) is 7.39. The maximum absolute atomic E-state index is 8.88. The van der Waals surface area contributed by atoms with Crippen LogP contribution < -0.4 is 0 Å². The molecule has 92 valence electrons. The molecule has 3 N–H and O–H groups in total. The highest BCUT2D eigenvalue weighted by Crippen LogP contribution is 2.37. The van der Waals surface area contributed by atoms with Gasteiger partial charge in [-0.15, -0.1) is 0 Å². The molecule has 0 aliphatic rings. The van der Waals surface area contributed by atoms with Gasteiger partial charge in [0.2, 0.25) is 3.79 Å². The van der Waals surface area contributed by atoms with Gasteiger partial charge in [-0.05, 0) is 12.1 Å². The average molecular weight is 329 g/mol. The lowest BCUT2D eigenvalue weighted by molar-refractivity contribution is 0.275. The number of aromatic nitrogens is 1. The van der Waals surface area contributed by atoms with Gasteiger partial charge in [-0.25, -0.2) is 9.55 Å². The topological polar surface area (TPSA) is 90.7 Å². The van der Waals surface area contributed by atoms with Crippen LogP contribution in [0.4, 0.5) is 0 Å². The second-order valence-corrected chi connectivity index (χ2v) is 6.05. The van der Waals surface area contributed by atoms with Gasteiger partial charge < -0.3 is 14.7 Å². The average Bonchev–Trinajstić information content (AvgIpc) is 1.99. The van der Waals surface area contributed by atoms with Crippen LogP contribution in [-0.4, -0.2) is 19.7 Å². The Morgan fingerprint density at radius 1 is 1.19 bits per heavy atom. The van der Waals surface area contributed by atoms with Crippen LogP contribution in [0.3, 0.4) is 0 Å². The van der Waals surface area contributed by atoms with Crippen molar-refractivity contribution < 1.29 is 19.2 Å². The summed E-state index contributed by atoms with van der Waals surface area (Å²) in [6.07, 6.45) is 0. The molecule has 0 unspecified atom stereocenters. The molecule has 1 rings (SSSR count). The van der Waals surface area contributed by atoms with Gasteiger partial charge in [0.15, 0.2) is 0 Å². The number of pyridine rings is 1. The highest BCUT2D eigenvalue weighted by molar-refractivity contribution is 7.45. The third kappa shape index (κ3) is 9.63. The van der Waals surface area contributed by atoms with Crippen molar-refractivity contribution in [3.8, 4) is 0 Å². The number of alkyl halides is 3. The second-order valence-electron chi connectivity index (χ2n) is 2.36. The molecule has 0 bridgehead atoms. The maximum atomic E-state index is 8.88. The number of hydrogen-bond donors (Lipinski definition) is 3. The van der Waals surface area contributed by atoms with Gasteiger partial charge in [-0.1, -0.05) is 52.5 Å². The highest BCUT2D eigenvalue weighted by atomic mass is 35.6. The van der Waals surface area contributed by atoms with Crippen LogP contribution in [0.25, 0.3) is 0 Å². The number of nitrogens with zero attached hydrogens (tertiary/aromatic N) is 1. The van der Waals surface area contributed by atoms with E-state index in [0.29, 0.717) is 10.8 Å². The van der Waals surface area contributed by atoms with Crippen LogP contribution in [-0.2, 0) is 8.36 Å². The number of phosphoric acid groups is 1. The number of halogens is 4. The molecular formula is C6H6Cl4NO4P. The fraction of sp³-hybridized carbons (Fsp3) is 0.167. The lowest BCUT2D eigenvalue weighted by atomic mass is 10.4. The van der Waals surface area contributed by atoms with Crippen molar-refractivity contribution in [1.82, 2.24) is 4.98 Å². The summed E-state index contributed by atoms with van der Waals surface area (Å²) in [6, 6.07) is 4.88. The first-order valence-electron chi connectivity index (χ1n) is 3.48. The van der Waals surface area contributed by atoms with E-state index in [1.165, 1.54) is 0 Å². The zero-order chi connectivity index (χ0) is 13.0. The fourth-order valence-corrected chi connectivity index (χ4v) is 1.05. The Bertz CT molecular complexity index is 382. The molecule has 10 heteroatoms. The first-order valence-corrected chi connectivity index (χ1v) is 6.56. The Morgan fingerprint density at radius 2 is 1.62 bits per heavy atom. The summed E-state index contributed by atoms with van der Waals surface area (Å²) in [5.41, 5.74) is 0.329. The Hall–Kier alpha value is 0.420. The van der Waals surface area contributed by atoms with E-state index in [1.807, 2.05) is 0 Å². The summed E-state index contributed by atoms with van der Waals surface area (Å²) in [7, 11) is -4.64. The van der Waals surface area contributed by atoms with Crippen molar-refractivity contribution >= 4 is 54.2 Å². The largest absolute Gasteiger partial charge is 0.466 e. The minimum absolute atomic E-state index is 0.314. The normalized spacial score (nSPS) is 11.7. The van der Waals surface area contributed by atoms with Gasteiger partial charge in [0.25, 0.3) is 0 Å². The standard InChI is InChI=1S/C6H3Cl4N.H3O4P/c7-5-3-1-2-4(11-5)6(8,9)10;1-5(2,3)4/h1-3H;(H3,1,2,3,4). The molecule has 1 aromatic rings. The van der Waals surface area contributed by atoms with Crippen molar-refractivity contribution in [1.29, 1.82) is 0 Å². The van der Waals surface area contributed by atoms with Crippen LogP contribution in [0.1, 0.15) is 5.69 Å². The van der Waals surface area contributed by atoms with Gasteiger partial charge in [-0.3, -0.25) is 0 Å². The number of hydrogen-bond acceptors (Lipinski definition) is 2. The molecule has 0 radical (unpaired) electrons. The maximum Gasteiger partial charge on any atom is 0.466 e. The molecule has 0 fully saturated rings. The van der Waals surface area contributed by atoms with E-state index >= 15 is 0 Å². The van der Waals surface area contributed by atoms with Crippen LogP contribution >= 0.6 is 54.2 Å². The molecule has 0 saturated carbocycles. The molecule has 5 nitrogen and oxygen atoms in total. The van der Waals surface area contributed by atoms with E-state index in [4.69, 9.17) is 65.6 Å². The molecule has 1 aromatic heterocycles. The van der Waals surface area contributed by atoms with Crippen molar-refractivity contribution in [3.63, 3.8) is 0 Å². The minimum Gasteiger partial charge on any atom is -0.303 e. The lowest BCUT2D eigenvalue weighted by Crippen LogP contribution is -2.02. The quantitative estimate of drug-likeness (QED) is 0.387. The number of rotatable bonds is 0. The summed E-state index contributed by atoms with van der Waals surface area (Å²) < 4.78 is 7.39. The highest BCUT2D eigenvalue weighted by Gasteiger charge is 2.24. The predicted octanol–water partition coefficient (Wildman–Crippen LogP) is 2.63. The lowest BCUT2D eigenvalue weighted by Gasteiger charge is -2.08. The fourth-order valence-electron chi connectivity index (χ4n) is 0.566. The first kappa shape index (κ1) is 16.4. The summed E-state index contributed by atoms with van der Waals surface area (Å²) >= 11 is 22.2. The Morgan fingerprint density at radius 3 is 1.88 bits per heavy atom. The predicted molar refractivity (Wildman–Crippen MR) is 62.7 cm³/mol.